The molecular formula is C8H9NO6. The Kier molecular flexibility index (Phi) is 3.17. The topological polar surface area (TPSA) is 113 Å². The Morgan fingerprint density at radius 2 is 2.20 bits per heavy atom. The third kappa shape index (κ3) is 2.03. The lowest BCUT2D eigenvalue weighted by Gasteiger charge is -2.13. The summed E-state index contributed by atoms with van der Waals surface area (Å²) in [6, 6.07) is 0. The molecule has 0 unspecified atom stereocenters. The first-order chi connectivity index (χ1) is 6.99. The van der Waals surface area contributed by atoms with E-state index in [4.69, 9.17) is 5.11 Å². The molecule has 0 aromatic rings. The van der Waals surface area contributed by atoms with Crippen molar-refractivity contribution in [2.45, 2.75) is 18.3 Å². The third-order valence-corrected chi connectivity index (χ3v) is 1.82. The molecule has 82 valence electrons. The summed E-state index contributed by atoms with van der Waals surface area (Å²) in [5, 5.41) is 20.2. The maximum absolute atomic E-state index is 11.1. The second kappa shape index (κ2) is 4.20. The number of cyclic esters (lactones) is 1. The van der Waals surface area contributed by atoms with Crippen LogP contribution in [0.3, 0.4) is 0 Å². The van der Waals surface area contributed by atoms with E-state index in [-0.39, 0.29) is 0 Å². The minimum Gasteiger partial charge on any atom is -0.449 e. The van der Waals surface area contributed by atoms with Gasteiger partial charge in [0.15, 0.2) is 12.2 Å². The van der Waals surface area contributed by atoms with Crippen LogP contribution in [-0.2, 0) is 19.1 Å². The molecule has 0 aliphatic carbocycles. The van der Waals surface area contributed by atoms with E-state index in [1.54, 1.807) is 0 Å². The smallest absolute Gasteiger partial charge is 0.343 e. The van der Waals surface area contributed by atoms with Gasteiger partial charge in [0.25, 0.3) is 5.91 Å². The van der Waals surface area contributed by atoms with Gasteiger partial charge in [-0.1, -0.05) is 6.58 Å². The number of aliphatic hydroxyl groups is 2. The number of hydrogen-bond acceptors (Lipinski definition) is 6. The van der Waals surface area contributed by atoms with E-state index < -0.39 is 36.0 Å². The van der Waals surface area contributed by atoms with Crippen LogP contribution in [-0.4, -0.2) is 46.2 Å². The van der Waals surface area contributed by atoms with Crippen molar-refractivity contribution in [3.05, 3.63) is 12.8 Å². The van der Waals surface area contributed by atoms with Crippen LogP contribution in [0.25, 0.3) is 0 Å². The molecule has 1 heterocycles. The van der Waals surface area contributed by atoms with Crippen molar-refractivity contribution in [1.29, 1.82) is 0 Å². The summed E-state index contributed by atoms with van der Waals surface area (Å²) in [4.78, 5) is 32.9. The number of ether oxygens (including phenoxy) is 1. The molecule has 0 aromatic heterocycles. The average Bonchev–Trinajstić information content (AvgIpc) is 2.45. The number of Topliss-reactive ketones (excluding diaryl/α,β-unsaturated/α-hetero) is 1. The molecule has 15 heavy (non-hydrogen) atoms. The molecule has 0 radical (unpaired) electrons. The maximum atomic E-state index is 11.1. The van der Waals surface area contributed by atoms with E-state index in [0.29, 0.717) is 0 Å². The van der Waals surface area contributed by atoms with Gasteiger partial charge in [-0.05, 0) is 6.20 Å². The minimum absolute atomic E-state index is 0.940. The lowest BCUT2D eigenvalue weighted by molar-refractivity contribution is -0.153. The van der Waals surface area contributed by atoms with Crippen LogP contribution in [0.15, 0.2) is 12.8 Å². The van der Waals surface area contributed by atoms with E-state index >= 15 is 0 Å². The molecular weight excluding hydrogens is 206 g/mol. The van der Waals surface area contributed by atoms with Gasteiger partial charge < -0.3 is 20.3 Å². The lowest BCUT2D eigenvalue weighted by atomic mass is 10.1. The average molecular weight is 215 g/mol. The summed E-state index contributed by atoms with van der Waals surface area (Å²) in [7, 11) is 0. The normalized spacial score (nSPS) is 27.1. The minimum atomic E-state index is -1.93. The number of esters is 1. The number of hydrogen-bond donors (Lipinski definition) is 3. The summed E-state index contributed by atoms with van der Waals surface area (Å²) in [6.45, 7) is 3.17. The summed E-state index contributed by atoms with van der Waals surface area (Å²) in [5.41, 5.74) is 0. The first-order valence-corrected chi connectivity index (χ1v) is 4.00. The highest BCUT2D eigenvalue weighted by Gasteiger charge is 2.48. The maximum Gasteiger partial charge on any atom is 0.343 e. The third-order valence-electron chi connectivity index (χ3n) is 1.82. The van der Waals surface area contributed by atoms with E-state index in [1.807, 2.05) is 5.32 Å². The Morgan fingerprint density at radius 3 is 2.60 bits per heavy atom. The number of nitrogens with one attached hydrogen (secondary N) is 1. The first kappa shape index (κ1) is 11.3. The molecule has 0 spiro atoms. The highest BCUT2D eigenvalue weighted by molar-refractivity contribution is 6.11. The van der Waals surface area contributed by atoms with Crippen molar-refractivity contribution >= 4 is 17.7 Å². The predicted molar refractivity (Wildman–Crippen MR) is 45.2 cm³/mol. The van der Waals surface area contributed by atoms with Gasteiger partial charge in [0, 0.05) is 0 Å². The Morgan fingerprint density at radius 1 is 1.60 bits per heavy atom. The van der Waals surface area contributed by atoms with Crippen molar-refractivity contribution in [2.24, 2.45) is 0 Å². The summed E-state index contributed by atoms with van der Waals surface area (Å²) in [5.74, 6) is -3.15. The van der Waals surface area contributed by atoms with Gasteiger partial charge in [0.2, 0.25) is 11.9 Å². The zero-order valence-corrected chi connectivity index (χ0v) is 7.54. The molecule has 1 aliphatic rings. The van der Waals surface area contributed by atoms with Crippen molar-refractivity contribution < 1.29 is 29.3 Å². The van der Waals surface area contributed by atoms with Crippen LogP contribution >= 0.6 is 0 Å². The van der Waals surface area contributed by atoms with E-state index in [1.165, 1.54) is 0 Å². The predicted octanol–water partition coefficient (Wildman–Crippen LogP) is -2.54. The van der Waals surface area contributed by atoms with Gasteiger partial charge in [-0.25, -0.2) is 4.79 Å². The first-order valence-electron chi connectivity index (χ1n) is 4.00. The van der Waals surface area contributed by atoms with Gasteiger partial charge in [-0.15, -0.1) is 0 Å². The zero-order chi connectivity index (χ0) is 11.6. The van der Waals surface area contributed by atoms with Crippen LogP contribution < -0.4 is 5.32 Å². The quantitative estimate of drug-likeness (QED) is 0.353. The summed E-state index contributed by atoms with van der Waals surface area (Å²) in [6.07, 6.45) is -4.44. The molecule has 1 fully saturated rings. The molecule has 0 saturated carbocycles. The van der Waals surface area contributed by atoms with Crippen LogP contribution in [0.2, 0.25) is 0 Å². The van der Waals surface area contributed by atoms with Crippen molar-refractivity contribution in [2.75, 3.05) is 0 Å². The molecule has 1 aliphatic heterocycles. The van der Waals surface area contributed by atoms with Crippen molar-refractivity contribution in [1.82, 2.24) is 5.32 Å². The fourth-order valence-electron chi connectivity index (χ4n) is 1.06. The molecule has 1 rings (SSSR count). The molecule has 0 bridgehead atoms. The molecule has 1 saturated heterocycles. The lowest BCUT2D eigenvalue weighted by Crippen LogP contribution is -2.44. The molecule has 7 nitrogen and oxygen atoms in total. The Hall–Kier alpha value is -1.73. The number of aliphatic hydroxyl groups excluding tert-OH is 2. The second-order valence-electron chi connectivity index (χ2n) is 2.82. The van der Waals surface area contributed by atoms with Crippen molar-refractivity contribution in [3.8, 4) is 0 Å². The molecule has 7 heteroatoms. The van der Waals surface area contributed by atoms with E-state index in [2.05, 4.69) is 11.3 Å². The van der Waals surface area contributed by atoms with Crippen LogP contribution in [0.4, 0.5) is 0 Å². The van der Waals surface area contributed by atoms with Crippen molar-refractivity contribution in [3.63, 3.8) is 0 Å². The number of ketones is 1. The van der Waals surface area contributed by atoms with Gasteiger partial charge in [0.1, 0.15) is 0 Å². The summed E-state index contributed by atoms with van der Waals surface area (Å²) >= 11 is 0. The highest BCUT2D eigenvalue weighted by atomic mass is 16.6. The van der Waals surface area contributed by atoms with Crippen LogP contribution in [0.5, 0.6) is 0 Å². The Balaban J connectivity index is 2.73. The zero-order valence-electron chi connectivity index (χ0n) is 7.54. The SMILES string of the molecule is C=CNC(=O)[C@H](O)[C@H]1OC(=O)[C@@H](O)C1=O. The van der Waals surface area contributed by atoms with Gasteiger partial charge in [0.05, 0.1) is 0 Å². The number of carbonyl (C=O) groups is 3. The largest absolute Gasteiger partial charge is 0.449 e. The number of carbonyl (C=O) groups excluding carboxylic acids is 3. The number of amides is 1. The van der Waals surface area contributed by atoms with Crippen LogP contribution in [0.1, 0.15) is 0 Å². The Labute approximate surface area is 84.3 Å². The fourth-order valence-corrected chi connectivity index (χ4v) is 1.06. The molecule has 0 aromatic carbocycles. The van der Waals surface area contributed by atoms with E-state index in [0.717, 1.165) is 6.20 Å². The Bertz CT molecular complexity index is 325. The van der Waals surface area contributed by atoms with Gasteiger partial charge >= 0.3 is 5.97 Å². The number of rotatable bonds is 3. The highest BCUT2D eigenvalue weighted by Crippen LogP contribution is 2.14. The monoisotopic (exact) mass is 215 g/mol. The second-order valence-corrected chi connectivity index (χ2v) is 2.82. The van der Waals surface area contributed by atoms with Gasteiger partial charge in [-0.2, -0.15) is 0 Å². The fraction of sp³-hybridized carbons (Fsp3) is 0.375. The standard InChI is InChI=1S/C8H9NO6/c1-2-9-7(13)5(12)6-3(10)4(11)8(14)15-6/h2,4-6,11-12H,1H2,(H,9,13)/t4-,5+,6-/m0/s1. The summed E-state index contributed by atoms with van der Waals surface area (Å²) < 4.78 is 4.33. The molecule has 3 atom stereocenters. The molecule has 1 amide bonds. The molecule has 3 N–H and O–H groups in total. The van der Waals surface area contributed by atoms with Gasteiger partial charge in [-0.3, -0.25) is 9.59 Å². The van der Waals surface area contributed by atoms with Crippen LogP contribution in [0, 0.1) is 0 Å². The van der Waals surface area contributed by atoms with E-state index in [9.17, 15) is 19.5 Å².